The first-order valence-electron chi connectivity index (χ1n) is 17.5. The zero-order chi connectivity index (χ0) is 34.5. The van der Waals surface area contributed by atoms with Crippen LogP contribution in [0.15, 0.2) is 104 Å². The topological polar surface area (TPSA) is 65.8 Å². The molecule has 49 heavy (non-hydrogen) atoms. The maximum absolute atomic E-state index is 14.0. The molecule has 7 nitrogen and oxygen atoms in total. The summed E-state index contributed by atoms with van der Waals surface area (Å²) in [5.74, 6) is 1.31. The molecule has 254 valence electrons. The lowest BCUT2D eigenvalue weighted by Gasteiger charge is -2.33. The SMILES string of the molecule is C=CCC(Oc1ccccc1)Oc1cc(N(CC)CC)ccc1C1(c2c(CCC(C)C)n(CC)c3ccccc23)OC(=O)c2cccnc21. The standard InChI is InChI=1S/C42H47N3O4/c1-7-17-38(47-31-18-12-11-13-19-31)48-37-28-30(44(8-2)9-3)24-25-34(37)42(40-33(41(46)49-42)21-16-27-43-40)39-32-20-14-15-22-35(32)45(10-4)36(39)26-23-29(5)6/h7,11-16,18-22,24-25,27-29,38H,1,8-10,17,23,26H2,2-6H3. The summed E-state index contributed by atoms with van der Waals surface area (Å²) in [6.45, 7) is 17.3. The van der Waals surface area contributed by atoms with Gasteiger partial charge in [-0.25, -0.2) is 4.79 Å². The Morgan fingerprint density at radius 3 is 2.43 bits per heavy atom. The zero-order valence-corrected chi connectivity index (χ0v) is 29.3. The van der Waals surface area contributed by atoms with Gasteiger partial charge in [-0.2, -0.15) is 0 Å². The van der Waals surface area contributed by atoms with Crippen LogP contribution in [0.2, 0.25) is 0 Å². The maximum Gasteiger partial charge on any atom is 0.341 e. The molecule has 0 amide bonds. The molecule has 0 fully saturated rings. The molecule has 2 aromatic heterocycles. The van der Waals surface area contributed by atoms with Crippen molar-refractivity contribution in [2.24, 2.45) is 5.92 Å². The van der Waals surface area contributed by atoms with Crippen molar-refractivity contribution >= 4 is 22.6 Å². The second kappa shape index (κ2) is 14.6. The second-order valence-electron chi connectivity index (χ2n) is 12.8. The largest absolute Gasteiger partial charge is 0.455 e. The van der Waals surface area contributed by atoms with Gasteiger partial charge >= 0.3 is 5.97 Å². The fraction of sp³-hybridized carbons (Fsp3) is 0.333. The van der Waals surface area contributed by atoms with Gasteiger partial charge in [0.1, 0.15) is 17.2 Å². The van der Waals surface area contributed by atoms with Gasteiger partial charge in [0.2, 0.25) is 11.9 Å². The van der Waals surface area contributed by atoms with Crippen molar-refractivity contribution in [3.05, 3.63) is 132 Å². The summed E-state index contributed by atoms with van der Waals surface area (Å²) < 4.78 is 22.5. The highest BCUT2D eigenvalue weighted by Crippen LogP contribution is 2.53. The maximum atomic E-state index is 14.0. The predicted octanol–water partition coefficient (Wildman–Crippen LogP) is 9.31. The molecule has 0 N–H and O–H groups in total. The lowest BCUT2D eigenvalue weighted by Crippen LogP contribution is -2.34. The minimum Gasteiger partial charge on any atom is -0.455 e. The quantitative estimate of drug-likeness (QED) is 0.0635. The van der Waals surface area contributed by atoms with Crippen LogP contribution < -0.4 is 14.4 Å². The number of aryl methyl sites for hydroxylation is 1. The summed E-state index contributed by atoms with van der Waals surface area (Å²) >= 11 is 0. The van der Waals surface area contributed by atoms with Gasteiger partial charge in [-0.15, -0.1) is 6.58 Å². The molecule has 2 atom stereocenters. The number of pyridine rings is 1. The third-order valence-corrected chi connectivity index (χ3v) is 9.41. The number of nitrogens with zero attached hydrogens (tertiary/aromatic N) is 3. The Bertz CT molecular complexity index is 1930. The molecule has 0 saturated heterocycles. The van der Waals surface area contributed by atoms with Gasteiger partial charge in [-0.3, -0.25) is 4.98 Å². The number of fused-ring (bicyclic) bond motifs is 2. The molecule has 0 radical (unpaired) electrons. The molecule has 0 spiro atoms. The summed E-state index contributed by atoms with van der Waals surface area (Å²) in [5.41, 5.74) is 4.48. The smallest absolute Gasteiger partial charge is 0.341 e. The van der Waals surface area contributed by atoms with E-state index in [1.54, 1.807) is 18.3 Å². The zero-order valence-electron chi connectivity index (χ0n) is 29.3. The highest BCUT2D eigenvalue weighted by Gasteiger charge is 2.54. The Labute approximate surface area is 290 Å². The van der Waals surface area contributed by atoms with E-state index in [0.29, 0.717) is 40.7 Å². The van der Waals surface area contributed by atoms with Crippen molar-refractivity contribution in [2.45, 2.75) is 72.3 Å². The van der Waals surface area contributed by atoms with E-state index in [0.717, 1.165) is 60.3 Å². The number of carbonyl (C=O) groups is 1. The number of cyclic esters (lactones) is 1. The molecule has 6 rings (SSSR count). The van der Waals surface area contributed by atoms with E-state index < -0.39 is 17.9 Å². The number of aromatic nitrogens is 2. The summed E-state index contributed by atoms with van der Waals surface area (Å²) in [5, 5.41) is 1.02. The Hall–Kier alpha value is -5.04. The van der Waals surface area contributed by atoms with Crippen molar-refractivity contribution < 1.29 is 19.0 Å². The number of ether oxygens (including phenoxy) is 3. The average molecular weight is 658 g/mol. The van der Waals surface area contributed by atoms with E-state index in [9.17, 15) is 4.79 Å². The molecule has 1 aliphatic rings. The Kier molecular flexibility index (Phi) is 10.1. The van der Waals surface area contributed by atoms with Crippen molar-refractivity contribution in [2.75, 3.05) is 18.0 Å². The summed E-state index contributed by atoms with van der Waals surface area (Å²) in [6.07, 6.45) is 5.05. The number of rotatable bonds is 15. The van der Waals surface area contributed by atoms with Crippen LogP contribution in [0, 0.1) is 5.92 Å². The van der Waals surface area contributed by atoms with Gasteiger partial charge in [0.25, 0.3) is 0 Å². The minimum absolute atomic E-state index is 0.409. The van der Waals surface area contributed by atoms with Crippen LogP contribution >= 0.6 is 0 Å². The Morgan fingerprint density at radius 2 is 1.71 bits per heavy atom. The fourth-order valence-corrected chi connectivity index (χ4v) is 7.11. The van der Waals surface area contributed by atoms with E-state index in [4.69, 9.17) is 19.2 Å². The molecule has 0 aliphatic carbocycles. The lowest BCUT2D eigenvalue weighted by atomic mass is 9.79. The van der Waals surface area contributed by atoms with E-state index >= 15 is 0 Å². The molecule has 0 bridgehead atoms. The lowest BCUT2D eigenvalue weighted by molar-refractivity contribution is 0.00148. The number of carbonyl (C=O) groups excluding carboxylic acids is 1. The van der Waals surface area contributed by atoms with E-state index in [-0.39, 0.29) is 0 Å². The summed E-state index contributed by atoms with van der Waals surface area (Å²) in [4.78, 5) is 21.2. The monoisotopic (exact) mass is 657 g/mol. The van der Waals surface area contributed by atoms with E-state index in [1.807, 2.05) is 36.4 Å². The average Bonchev–Trinajstić information content (AvgIpc) is 3.60. The van der Waals surface area contributed by atoms with Crippen molar-refractivity contribution in [1.82, 2.24) is 9.55 Å². The Morgan fingerprint density at radius 1 is 0.959 bits per heavy atom. The molecular formula is C42H47N3O4. The molecule has 3 aromatic carbocycles. The van der Waals surface area contributed by atoms with Crippen LogP contribution in [-0.4, -0.2) is 34.9 Å². The Balaban J connectivity index is 1.67. The second-order valence-corrected chi connectivity index (χ2v) is 12.8. The van der Waals surface area contributed by atoms with Crippen LogP contribution in [0.25, 0.3) is 10.9 Å². The van der Waals surface area contributed by atoms with Crippen LogP contribution in [0.3, 0.4) is 0 Å². The van der Waals surface area contributed by atoms with Crippen molar-refractivity contribution in [3.8, 4) is 11.5 Å². The predicted molar refractivity (Wildman–Crippen MR) is 197 cm³/mol. The number of anilines is 1. The molecule has 0 saturated carbocycles. The molecule has 1 aliphatic heterocycles. The molecular weight excluding hydrogens is 610 g/mol. The third-order valence-electron chi connectivity index (χ3n) is 9.41. The summed E-state index contributed by atoms with van der Waals surface area (Å²) in [6, 6.07) is 27.9. The minimum atomic E-state index is -1.39. The number of esters is 1. The number of hydrogen-bond donors (Lipinski definition) is 0. The number of hydrogen-bond acceptors (Lipinski definition) is 6. The van der Waals surface area contributed by atoms with Gasteiger partial charge in [-0.1, -0.05) is 56.3 Å². The van der Waals surface area contributed by atoms with Gasteiger partial charge in [0.05, 0.1) is 5.56 Å². The van der Waals surface area contributed by atoms with Crippen molar-refractivity contribution in [3.63, 3.8) is 0 Å². The van der Waals surface area contributed by atoms with E-state index in [2.05, 4.69) is 93.1 Å². The first-order valence-corrected chi connectivity index (χ1v) is 17.5. The van der Waals surface area contributed by atoms with Crippen LogP contribution in [0.4, 0.5) is 5.69 Å². The normalized spacial score (nSPS) is 16.0. The third kappa shape index (κ3) is 6.30. The molecule has 2 unspecified atom stereocenters. The highest BCUT2D eigenvalue weighted by molar-refractivity contribution is 5.98. The van der Waals surface area contributed by atoms with Crippen LogP contribution in [-0.2, 0) is 23.3 Å². The first-order chi connectivity index (χ1) is 23.9. The molecule has 7 heteroatoms. The van der Waals surface area contributed by atoms with Crippen LogP contribution in [0.5, 0.6) is 11.5 Å². The summed E-state index contributed by atoms with van der Waals surface area (Å²) in [7, 11) is 0. The molecule has 5 aromatic rings. The van der Waals surface area contributed by atoms with Crippen molar-refractivity contribution in [1.29, 1.82) is 0 Å². The van der Waals surface area contributed by atoms with Gasteiger partial charge in [0, 0.05) is 71.7 Å². The fourth-order valence-electron chi connectivity index (χ4n) is 7.11. The number of benzene rings is 3. The van der Waals surface area contributed by atoms with Gasteiger partial charge < -0.3 is 23.7 Å². The first kappa shape index (κ1) is 33.8. The van der Waals surface area contributed by atoms with Gasteiger partial charge in [0.15, 0.2) is 0 Å². The van der Waals surface area contributed by atoms with E-state index in [1.165, 1.54) is 0 Å². The van der Waals surface area contributed by atoms with Crippen LogP contribution in [0.1, 0.15) is 80.3 Å². The highest BCUT2D eigenvalue weighted by atomic mass is 16.7. The molecule has 3 heterocycles. The number of para-hydroxylation sites is 2. The van der Waals surface area contributed by atoms with Gasteiger partial charge in [-0.05, 0) is 82.0 Å².